The molecule has 28 heavy (non-hydrogen) atoms. The lowest BCUT2D eigenvalue weighted by atomic mass is 10.2. The van der Waals surface area contributed by atoms with E-state index in [9.17, 15) is 18.0 Å². The van der Waals surface area contributed by atoms with Crippen molar-refractivity contribution in [3.8, 4) is 11.4 Å². The summed E-state index contributed by atoms with van der Waals surface area (Å²) < 4.78 is 44.1. The van der Waals surface area contributed by atoms with Crippen LogP contribution in [0.4, 0.5) is 13.2 Å². The van der Waals surface area contributed by atoms with E-state index in [2.05, 4.69) is 4.74 Å². The van der Waals surface area contributed by atoms with E-state index < -0.39 is 6.36 Å². The van der Waals surface area contributed by atoms with Crippen LogP contribution >= 0.6 is 0 Å². The average molecular weight is 384 g/mol. The second-order valence-electron chi connectivity index (χ2n) is 6.26. The van der Waals surface area contributed by atoms with Crippen LogP contribution in [-0.4, -0.2) is 15.5 Å². The maximum atomic E-state index is 12.8. The zero-order chi connectivity index (χ0) is 19.7. The first-order valence-electron chi connectivity index (χ1n) is 8.51. The number of nitrogens with zero attached hydrogens (tertiary/aromatic N) is 2. The maximum absolute atomic E-state index is 12.8. The zero-order valence-corrected chi connectivity index (χ0v) is 14.6. The molecule has 0 spiro atoms. The van der Waals surface area contributed by atoms with E-state index in [1.54, 1.807) is 12.3 Å². The minimum absolute atomic E-state index is 0.242. The summed E-state index contributed by atoms with van der Waals surface area (Å²) in [5, 5.41) is 0.536. The molecule has 0 aliphatic carbocycles. The lowest BCUT2D eigenvalue weighted by Gasteiger charge is -2.11. The third-order valence-corrected chi connectivity index (χ3v) is 4.38. The van der Waals surface area contributed by atoms with E-state index in [0.717, 1.165) is 11.1 Å². The minimum Gasteiger partial charge on any atom is -0.406 e. The van der Waals surface area contributed by atoms with Crippen LogP contribution in [0.2, 0.25) is 0 Å². The summed E-state index contributed by atoms with van der Waals surface area (Å²) in [5.41, 5.74) is 2.12. The van der Waals surface area contributed by atoms with Gasteiger partial charge in [0.05, 0.1) is 10.9 Å². The molecule has 0 aliphatic rings. The molecule has 0 aliphatic heterocycles. The fourth-order valence-corrected chi connectivity index (χ4v) is 3.12. The Balaban J connectivity index is 1.66. The van der Waals surface area contributed by atoms with Crippen LogP contribution in [0.15, 0.2) is 83.9 Å². The van der Waals surface area contributed by atoms with E-state index in [0.29, 0.717) is 17.6 Å². The van der Waals surface area contributed by atoms with Crippen LogP contribution in [0.5, 0.6) is 5.75 Å². The second kappa shape index (κ2) is 6.92. The zero-order valence-electron chi connectivity index (χ0n) is 14.6. The highest BCUT2D eigenvalue weighted by molar-refractivity contribution is 5.79. The van der Waals surface area contributed by atoms with Gasteiger partial charge in [-0.25, -0.2) is 0 Å². The minimum atomic E-state index is -4.75. The molecule has 2 aromatic heterocycles. The number of ether oxygens (including phenoxy) is 1. The third-order valence-electron chi connectivity index (χ3n) is 4.38. The molecular weight excluding hydrogens is 369 g/mol. The molecule has 142 valence electrons. The first-order chi connectivity index (χ1) is 13.4. The Morgan fingerprint density at radius 2 is 1.57 bits per heavy atom. The molecule has 2 aromatic carbocycles. The molecule has 2 heterocycles. The fraction of sp³-hybridized carbons (Fsp3) is 0.0952. The van der Waals surface area contributed by atoms with Gasteiger partial charge in [-0.1, -0.05) is 30.3 Å². The van der Waals surface area contributed by atoms with Gasteiger partial charge in [0.2, 0.25) is 0 Å². The Morgan fingerprint density at radius 1 is 0.857 bits per heavy atom. The standard InChI is InChI=1S/C21H15F3N2O2/c22-21(23,24)28-17-8-6-16(7-9-17)26-13-11-19-18(20(26)27)10-12-25(19)14-15-4-2-1-3-5-15/h1-13H,14H2. The number of halogens is 3. The van der Waals surface area contributed by atoms with Gasteiger partial charge in [-0.2, -0.15) is 0 Å². The van der Waals surface area contributed by atoms with E-state index in [4.69, 9.17) is 0 Å². The third kappa shape index (κ3) is 3.64. The van der Waals surface area contributed by atoms with Crippen molar-refractivity contribution in [3.63, 3.8) is 0 Å². The van der Waals surface area contributed by atoms with Gasteiger partial charge in [-0.15, -0.1) is 13.2 Å². The van der Waals surface area contributed by atoms with Gasteiger partial charge in [0.25, 0.3) is 5.56 Å². The van der Waals surface area contributed by atoms with Crippen LogP contribution < -0.4 is 10.3 Å². The highest BCUT2D eigenvalue weighted by Gasteiger charge is 2.31. The van der Waals surface area contributed by atoms with E-state index in [-0.39, 0.29) is 11.3 Å². The molecule has 0 saturated carbocycles. The summed E-state index contributed by atoms with van der Waals surface area (Å²) in [7, 11) is 0. The first-order valence-corrected chi connectivity index (χ1v) is 8.51. The molecular formula is C21H15F3N2O2. The second-order valence-corrected chi connectivity index (χ2v) is 6.26. The van der Waals surface area contributed by atoms with Crippen LogP contribution in [-0.2, 0) is 6.54 Å². The summed E-state index contributed by atoms with van der Waals surface area (Å²) in [5.74, 6) is -0.334. The Hall–Kier alpha value is -3.48. The molecule has 7 heteroatoms. The number of rotatable bonds is 4. The lowest BCUT2D eigenvalue weighted by Crippen LogP contribution is -2.18. The van der Waals surface area contributed by atoms with E-state index in [1.807, 2.05) is 47.2 Å². The largest absolute Gasteiger partial charge is 0.573 e. The quantitative estimate of drug-likeness (QED) is 0.510. The van der Waals surface area contributed by atoms with Gasteiger partial charge >= 0.3 is 6.36 Å². The molecule has 0 bridgehead atoms. The number of hydrogen-bond donors (Lipinski definition) is 0. The summed E-state index contributed by atoms with van der Waals surface area (Å²) in [6.07, 6.45) is -1.28. The van der Waals surface area contributed by atoms with Crippen molar-refractivity contribution in [2.45, 2.75) is 12.9 Å². The van der Waals surface area contributed by atoms with Gasteiger partial charge in [-0.05, 0) is 42.0 Å². The van der Waals surface area contributed by atoms with Crippen molar-refractivity contribution >= 4 is 10.9 Å². The van der Waals surface area contributed by atoms with Crippen molar-refractivity contribution in [1.29, 1.82) is 0 Å². The van der Waals surface area contributed by atoms with Gasteiger partial charge in [-0.3, -0.25) is 9.36 Å². The van der Waals surface area contributed by atoms with Crippen molar-refractivity contribution in [1.82, 2.24) is 9.13 Å². The molecule has 0 unspecified atom stereocenters. The molecule has 0 atom stereocenters. The van der Waals surface area contributed by atoms with Crippen LogP contribution in [0, 0.1) is 0 Å². The Kier molecular flexibility index (Phi) is 4.43. The molecule has 4 aromatic rings. The number of alkyl halides is 3. The Bertz CT molecular complexity index is 1160. The molecule has 0 radical (unpaired) electrons. The van der Waals surface area contributed by atoms with Crippen molar-refractivity contribution in [3.05, 3.63) is 95.0 Å². The highest BCUT2D eigenvalue weighted by atomic mass is 19.4. The van der Waals surface area contributed by atoms with Crippen molar-refractivity contribution in [2.24, 2.45) is 0 Å². The number of aromatic nitrogens is 2. The average Bonchev–Trinajstić information content (AvgIpc) is 3.06. The fourth-order valence-electron chi connectivity index (χ4n) is 3.12. The monoisotopic (exact) mass is 384 g/mol. The van der Waals surface area contributed by atoms with Gasteiger partial charge in [0.15, 0.2) is 0 Å². The molecule has 0 N–H and O–H groups in total. The predicted octanol–water partition coefficient (Wildman–Crippen LogP) is 4.74. The molecule has 0 fully saturated rings. The topological polar surface area (TPSA) is 36.2 Å². The number of benzene rings is 2. The molecule has 4 rings (SSSR count). The highest BCUT2D eigenvalue weighted by Crippen LogP contribution is 2.24. The number of hydrogen-bond acceptors (Lipinski definition) is 2. The van der Waals surface area contributed by atoms with Gasteiger partial charge < -0.3 is 9.30 Å². The summed E-state index contributed by atoms with van der Waals surface area (Å²) in [6.45, 7) is 0.636. The predicted molar refractivity (Wildman–Crippen MR) is 99.8 cm³/mol. The Morgan fingerprint density at radius 3 is 2.25 bits per heavy atom. The van der Waals surface area contributed by atoms with Gasteiger partial charge in [0.1, 0.15) is 5.75 Å². The van der Waals surface area contributed by atoms with Crippen LogP contribution in [0.3, 0.4) is 0 Å². The van der Waals surface area contributed by atoms with Crippen molar-refractivity contribution in [2.75, 3.05) is 0 Å². The number of pyridine rings is 1. The van der Waals surface area contributed by atoms with Crippen LogP contribution in [0.1, 0.15) is 5.56 Å². The summed E-state index contributed by atoms with van der Waals surface area (Å²) in [6, 6.07) is 18.6. The maximum Gasteiger partial charge on any atom is 0.573 e. The number of fused-ring (bicyclic) bond motifs is 1. The molecule has 0 saturated heterocycles. The van der Waals surface area contributed by atoms with Crippen LogP contribution in [0.25, 0.3) is 16.6 Å². The Labute approximate surface area is 158 Å². The summed E-state index contributed by atoms with van der Waals surface area (Å²) >= 11 is 0. The van der Waals surface area contributed by atoms with Gasteiger partial charge in [0, 0.05) is 24.6 Å². The first kappa shape index (κ1) is 17.9. The SMILES string of the molecule is O=c1c2ccn(Cc3ccccc3)c2ccn1-c1ccc(OC(F)(F)F)cc1. The molecule has 0 amide bonds. The smallest absolute Gasteiger partial charge is 0.406 e. The lowest BCUT2D eigenvalue weighted by molar-refractivity contribution is -0.274. The van der Waals surface area contributed by atoms with E-state index in [1.165, 1.54) is 28.8 Å². The summed E-state index contributed by atoms with van der Waals surface area (Å²) in [4.78, 5) is 12.8. The molecule has 4 nitrogen and oxygen atoms in total. The normalized spacial score (nSPS) is 11.7. The van der Waals surface area contributed by atoms with Crippen molar-refractivity contribution < 1.29 is 17.9 Å². The van der Waals surface area contributed by atoms with E-state index >= 15 is 0 Å².